The zero-order valence-electron chi connectivity index (χ0n) is 12.0. The first kappa shape index (κ1) is 12.8. The number of nitrogens with zero attached hydrogens (tertiary/aromatic N) is 2. The molecule has 0 saturated heterocycles. The molecule has 0 spiro atoms. The van der Waals surface area contributed by atoms with Gasteiger partial charge in [0.2, 0.25) is 0 Å². The molecule has 0 radical (unpaired) electrons. The number of rotatable bonds is 4. The molecule has 0 bridgehead atoms. The van der Waals surface area contributed by atoms with E-state index < -0.39 is 0 Å². The number of hydrogen-bond acceptors (Lipinski definition) is 4. The summed E-state index contributed by atoms with van der Waals surface area (Å²) in [7, 11) is 3.27. The molecule has 5 nitrogen and oxygen atoms in total. The Morgan fingerprint density at radius 1 is 1.25 bits per heavy atom. The number of nitrogens with two attached hydrogens (primary N) is 1. The molecule has 1 heterocycles. The Labute approximate surface area is 118 Å². The largest absolute Gasteiger partial charge is 0.497 e. The van der Waals surface area contributed by atoms with E-state index in [4.69, 9.17) is 15.2 Å². The van der Waals surface area contributed by atoms with Crippen molar-refractivity contribution in [3.63, 3.8) is 0 Å². The highest BCUT2D eigenvalue weighted by Crippen LogP contribution is 2.42. The van der Waals surface area contributed by atoms with Crippen molar-refractivity contribution < 1.29 is 9.47 Å². The molecule has 0 unspecified atom stereocenters. The molecule has 0 amide bonds. The lowest BCUT2D eigenvalue weighted by Crippen LogP contribution is -2.02. The summed E-state index contributed by atoms with van der Waals surface area (Å²) in [6.45, 7) is 1.99. The number of ether oxygens (including phenoxy) is 2. The summed E-state index contributed by atoms with van der Waals surface area (Å²) in [6.07, 6.45) is 2.36. The lowest BCUT2D eigenvalue weighted by molar-refractivity contribution is 0.395. The smallest absolute Gasteiger partial charge is 0.132 e. The summed E-state index contributed by atoms with van der Waals surface area (Å²) < 4.78 is 12.8. The Balaban J connectivity index is 2.11. The lowest BCUT2D eigenvalue weighted by Gasteiger charge is -2.10. The second-order valence-electron chi connectivity index (χ2n) is 5.06. The number of anilines is 1. The van der Waals surface area contributed by atoms with Crippen molar-refractivity contribution in [1.82, 2.24) is 9.55 Å². The van der Waals surface area contributed by atoms with Gasteiger partial charge in [0.1, 0.15) is 28.8 Å². The minimum absolute atomic E-state index is 0.514. The van der Waals surface area contributed by atoms with E-state index in [-0.39, 0.29) is 0 Å². The third kappa shape index (κ3) is 1.99. The van der Waals surface area contributed by atoms with E-state index in [0.29, 0.717) is 11.9 Å². The zero-order valence-corrected chi connectivity index (χ0v) is 12.0. The van der Waals surface area contributed by atoms with Gasteiger partial charge in [-0.2, -0.15) is 0 Å². The minimum atomic E-state index is 0.514. The molecule has 2 N–H and O–H groups in total. The van der Waals surface area contributed by atoms with Crippen LogP contribution >= 0.6 is 0 Å². The quantitative estimate of drug-likeness (QED) is 0.930. The van der Waals surface area contributed by atoms with Crippen LogP contribution in [0.15, 0.2) is 18.2 Å². The van der Waals surface area contributed by atoms with Crippen molar-refractivity contribution in [2.24, 2.45) is 0 Å². The number of imidazole rings is 1. The predicted molar refractivity (Wildman–Crippen MR) is 78.2 cm³/mol. The van der Waals surface area contributed by atoms with E-state index >= 15 is 0 Å². The monoisotopic (exact) mass is 273 g/mol. The van der Waals surface area contributed by atoms with Crippen LogP contribution in [0.4, 0.5) is 5.82 Å². The van der Waals surface area contributed by atoms with Crippen molar-refractivity contribution in [2.75, 3.05) is 20.0 Å². The fourth-order valence-electron chi connectivity index (χ4n) is 2.55. The number of hydrogen-bond donors (Lipinski definition) is 1. The Kier molecular flexibility index (Phi) is 3.04. The van der Waals surface area contributed by atoms with Gasteiger partial charge in [-0.3, -0.25) is 0 Å². The molecule has 0 aliphatic heterocycles. The summed E-state index contributed by atoms with van der Waals surface area (Å²) in [4.78, 5) is 4.62. The van der Waals surface area contributed by atoms with E-state index in [2.05, 4.69) is 9.55 Å². The minimum Gasteiger partial charge on any atom is -0.497 e. The molecule has 1 aliphatic carbocycles. The molecule has 106 valence electrons. The molecule has 20 heavy (non-hydrogen) atoms. The van der Waals surface area contributed by atoms with E-state index in [0.717, 1.165) is 28.6 Å². The second-order valence-corrected chi connectivity index (χ2v) is 5.06. The van der Waals surface area contributed by atoms with Gasteiger partial charge in [-0.1, -0.05) is 0 Å². The molecule has 2 aromatic rings. The first-order valence-electron chi connectivity index (χ1n) is 6.72. The topological polar surface area (TPSA) is 62.3 Å². The predicted octanol–water partition coefficient (Wildman–Crippen LogP) is 2.79. The van der Waals surface area contributed by atoms with Crippen LogP contribution in [-0.4, -0.2) is 23.8 Å². The molecule has 1 aromatic carbocycles. The molecular formula is C15H19N3O2. The summed E-state index contributed by atoms with van der Waals surface area (Å²) in [5.41, 5.74) is 7.97. The maximum absolute atomic E-state index is 6.28. The fraction of sp³-hybridized carbons (Fsp3) is 0.400. The van der Waals surface area contributed by atoms with Crippen LogP contribution in [0.3, 0.4) is 0 Å². The van der Waals surface area contributed by atoms with E-state index in [1.807, 2.05) is 25.1 Å². The van der Waals surface area contributed by atoms with E-state index in [1.54, 1.807) is 14.2 Å². The number of aryl methyl sites for hydroxylation is 1. The number of benzene rings is 1. The highest BCUT2D eigenvalue weighted by molar-refractivity contribution is 5.77. The highest BCUT2D eigenvalue weighted by atomic mass is 16.5. The van der Waals surface area contributed by atoms with Gasteiger partial charge < -0.3 is 19.8 Å². The van der Waals surface area contributed by atoms with Crippen LogP contribution in [0.2, 0.25) is 0 Å². The van der Waals surface area contributed by atoms with E-state index in [1.165, 1.54) is 12.8 Å². The highest BCUT2D eigenvalue weighted by Gasteiger charge is 2.29. The van der Waals surface area contributed by atoms with Crippen LogP contribution in [0.1, 0.15) is 24.7 Å². The SMILES string of the molecule is COc1ccc(-c2nc(C)n(C3CC3)c2N)c(OC)c1. The molecule has 1 saturated carbocycles. The molecule has 1 fully saturated rings. The van der Waals surface area contributed by atoms with Crippen LogP contribution in [0.5, 0.6) is 11.5 Å². The third-order valence-corrected chi connectivity index (χ3v) is 3.70. The fourth-order valence-corrected chi connectivity index (χ4v) is 2.55. The summed E-state index contributed by atoms with van der Waals surface area (Å²) in [5.74, 6) is 3.14. The van der Waals surface area contributed by atoms with Crippen molar-refractivity contribution in [2.45, 2.75) is 25.8 Å². The zero-order chi connectivity index (χ0) is 14.3. The van der Waals surface area contributed by atoms with Crippen LogP contribution in [0, 0.1) is 6.92 Å². The maximum atomic E-state index is 6.28. The molecular weight excluding hydrogens is 254 g/mol. The van der Waals surface area contributed by atoms with Gasteiger partial charge in [-0.25, -0.2) is 4.98 Å². The van der Waals surface area contributed by atoms with Gasteiger partial charge in [0.05, 0.1) is 14.2 Å². The van der Waals surface area contributed by atoms with Gasteiger partial charge in [-0.15, -0.1) is 0 Å². The Hall–Kier alpha value is -2.17. The first-order chi connectivity index (χ1) is 9.65. The van der Waals surface area contributed by atoms with Gasteiger partial charge in [0.15, 0.2) is 0 Å². The Morgan fingerprint density at radius 3 is 2.60 bits per heavy atom. The molecule has 1 aromatic heterocycles. The Bertz CT molecular complexity index is 645. The average Bonchev–Trinajstić information content (AvgIpc) is 3.24. The number of aromatic nitrogens is 2. The third-order valence-electron chi connectivity index (χ3n) is 3.70. The van der Waals surface area contributed by atoms with Crippen LogP contribution in [-0.2, 0) is 0 Å². The summed E-state index contributed by atoms with van der Waals surface area (Å²) in [5, 5.41) is 0. The van der Waals surface area contributed by atoms with Crippen LogP contribution < -0.4 is 15.2 Å². The summed E-state index contributed by atoms with van der Waals surface area (Å²) >= 11 is 0. The van der Waals surface area contributed by atoms with Crippen molar-refractivity contribution >= 4 is 5.82 Å². The van der Waals surface area contributed by atoms with Gasteiger partial charge in [0, 0.05) is 17.7 Å². The van der Waals surface area contributed by atoms with Crippen molar-refractivity contribution in [3.05, 3.63) is 24.0 Å². The molecule has 0 atom stereocenters. The first-order valence-corrected chi connectivity index (χ1v) is 6.72. The van der Waals surface area contributed by atoms with Crippen molar-refractivity contribution in [1.29, 1.82) is 0 Å². The van der Waals surface area contributed by atoms with Gasteiger partial charge in [0.25, 0.3) is 0 Å². The van der Waals surface area contributed by atoms with Crippen LogP contribution in [0.25, 0.3) is 11.3 Å². The normalized spacial score (nSPS) is 14.3. The van der Waals surface area contributed by atoms with Gasteiger partial charge in [-0.05, 0) is 31.9 Å². The van der Waals surface area contributed by atoms with Crippen molar-refractivity contribution in [3.8, 4) is 22.8 Å². The van der Waals surface area contributed by atoms with E-state index in [9.17, 15) is 0 Å². The number of nitrogen functional groups attached to an aromatic ring is 1. The standard InChI is InChI=1S/C15H19N3O2/c1-9-17-14(15(16)18(9)10-4-5-10)12-7-6-11(19-2)8-13(12)20-3/h6-8,10H,4-5,16H2,1-3H3. The molecule has 1 aliphatic rings. The lowest BCUT2D eigenvalue weighted by atomic mass is 10.1. The Morgan fingerprint density at radius 2 is 2.00 bits per heavy atom. The second kappa shape index (κ2) is 4.74. The molecule has 5 heteroatoms. The molecule has 3 rings (SSSR count). The van der Waals surface area contributed by atoms with Gasteiger partial charge >= 0.3 is 0 Å². The summed E-state index contributed by atoms with van der Waals surface area (Å²) in [6, 6.07) is 6.19. The average molecular weight is 273 g/mol. The number of methoxy groups -OCH3 is 2. The maximum Gasteiger partial charge on any atom is 0.132 e.